The normalized spacial score (nSPS) is 16.2. The second-order valence-corrected chi connectivity index (χ2v) is 10.0. The monoisotopic (exact) mass is 519 g/mol. The fourth-order valence-electron chi connectivity index (χ4n) is 4.30. The average Bonchev–Trinajstić information content (AvgIpc) is 3.75. The number of hydrogen-bond acceptors (Lipinski definition) is 7. The van der Waals surface area contributed by atoms with Gasteiger partial charge in [0.05, 0.1) is 0 Å². The summed E-state index contributed by atoms with van der Waals surface area (Å²) in [7, 11) is 2.11. The summed E-state index contributed by atoms with van der Waals surface area (Å²) < 4.78 is 1.39. The number of piperidine rings is 1. The molecule has 1 saturated heterocycles. The van der Waals surface area contributed by atoms with Crippen LogP contribution in [0.1, 0.15) is 41.0 Å². The number of aliphatic imine (C=N–C) groups is 1. The van der Waals surface area contributed by atoms with Crippen LogP contribution in [-0.4, -0.2) is 57.7 Å². The summed E-state index contributed by atoms with van der Waals surface area (Å²) in [6.07, 6.45) is 8.12. The third kappa shape index (κ3) is 7.58. The maximum absolute atomic E-state index is 12.6. The first-order chi connectivity index (χ1) is 18.3. The molecule has 0 bridgehead atoms. The van der Waals surface area contributed by atoms with Gasteiger partial charge in [-0.15, -0.1) is 0 Å². The number of nitrogens with one attached hydrogen (secondary N) is 2. The van der Waals surface area contributed by atoms with Crippen molar-refractivity contribution in [3.05, 3.63) is 70.8 Å². The first kappa shape index (κ1) is 27.2. The minimum Gasteiger partial charge on any atom is -0.351 e. The molecule has 38 heavy (non-hydrogen) atoms. The van der Waals surface area contributed by atoms with Crippen LogP contribution in [0.15, 0.2) is 64.7 Å². The number of anilines is 2. The van der Waals surface area contributed by atoms with E-state index in [1.54, 1.807) is 18.5 Å². The van der Waals surface area contributed by atoms with Gasteiger partial charge in [0.2, 0.25) is 11.9 Å². The van der Waals surface area contributed by atoms with Gasteiger partial charge in [-0.1, -0.05) is 24.3 Å². The number of amides is 1. The van der Waals surface area contributed by atoms with Crippen molar-refractivity contribution in [3.8, 4) is 0 Å². The Hall–Kier alpha value is -3.85. The molecular formula is C29H41N7O2. The van der Waals surface area contributed by atoms with E-state index in [1.807, 2.05) is 38.1 Å². The quantitative estimate of drug-likeness (QED) is 0.437. The van der Waals surface area contributed by atoms with Gasteiger partial charge in [-0.3, -0.25) is 19.1 Å². The zero-order valence-electron chi connectivity index (χ0n) is 22.5. The van der Waals surface area contributed by atoms with E-state index in [2.05, 4.69) is 44.1 Å². The highest BCUT2D eigenvalue weighted by molar-refractivity contribution is 5.91. The van der Waals surface area contributed by atoms with Crippen LogP contribution in [0, 0.1) is 12.8 Å². The molecule has 1 saturated carbocycles. The molecule has 2 aliphatic rings. The second kappa shape index (κ2) is 12.6. The molecule has 2 aromatic heterocycles. The van der Waals surface area contributed by atoms with Gasteiger partial charge in [-0.25, -0.2) is 4.98 Å². The predicted molar refractivity (Wildman–Crippen MR) is 158 cm³/mol. The third-order valence-electron chi connectivity index (χ3n) is 6.76. The number of fused-ring (bicyclic) bond motifs is 1. The molecular weight excluding hydrogens is 478 g/mol. The molecule has 1 aliphatic carbocycles. The maximum atomic E-state index is 12.6. The zero-order chi connectivity index (χ0) is 27.1. The number of carbonyl (C=O) groups excluding carboxylic acids is 1. The van der Waals surface area contributed by atoms with Crippen molar-refractivity contribution in [2.75, 3.05) is 30.8 Å². The Bertz CT molecular complexity index is 1360. The van der Waals surface area contributed by atoms with Crippen molar-refractivity contribution >= 4 is 34.8 Å². The van der Waals surface area contributed by atoms with Gasteiger partial charge in [0.25, 0.3) is 5.56 Å². The molecule has 1 aromatic carbocycles. The summed E-state index contributed by atoms with van der Waals surface area (Å²) in [5, 5.41) is 6.92. The first-order valence-electron chi connectivity index (χ1n) is 13.2. The molecule has 1 amide bonds. The Morgan fingerprint density at radius 3 is 2.53 bits per heavy atom. The van der Waals surface area contributed by atoms with E-state index < -0.39 is 0 Å². The van der Waals surface area contributed by atoms with Crippen molar-refractivity contribution in [3.63, 3.8) is 0 Å². The molecule has 0 radical (unpaired) electrons. The summed E-state index contributed by atoms with van der Waals surface area (Å²) in [5.74, 6) is 0.929. The van der Waals surface area contributed by atoms with Gasteiger partial charge in [0, 0.05) is 50.1 Å². The lowest BCUT2D eigenvalue weighted by Crippen LogP contribution is -2.37. The number of aryl methyl sites for hydroxylation is 1. The van der Waals surface area contributed by atoms with Gasteiger partial charge in [0.1, 0.15) is 12.2 Å². The Balaban J connectivity index is 0.000000485. The Kier molecular flexibility index (Phi) is 9.02. The van der Waals surface area contributed by atoms with E-state index in [0.29, 0.717) is 28.7 Å². The van der Waals surface area contributed by atoms with Gasteiger partial charge in [0.15, 0.2) is 0 Å². The number of hydrogen-bond donors (Lipinski definition) is 2. The van der Waals surface area contributed by atoms with Gasteiger partial charge in [-0.05, 0) is 77.9 Å². The van der Waals surface area contributed by atoms with E-state index in [4.69, 9.17) is 0 Å². The van der Waals surface area contributed by atoms with E-state index in [0.717, 1.165) is 43.1 Å². The molecule has 1 aliphatic heterocycles. The zero-order valence-corrected chi connectivity index (χ0v) is 22.5. The van der Waals surface area contributed by atoms with Crippen LogP contribution in [0.2, 0.25) is 0 Å². The highest BCUT2D eigenvalue weighted by atomic mass is 16.2. The largest absolute Gasteiger partial charge is 0.351 e. The molecule has 2 N–H and O–H groups in total. The number of pyridine rings is 1. The van der Waals surface area contributed by atoms with Crippen LogP contribution < -0.4 is 16.2 Å². The van der Waals surface area contributed by atoms with Crippen LogP contribution in [0.5, 0.6) is 0 Å². The van der Waals surface area contributed by atoms with Crippen LogP contribution in [0.25, 0.3) is 11.0 Å². The van der Waals surface area contributed by atoms with Crippen LogP contribution in [0.4, 0.5) is 11.6 Å². The lowest BCUT2D eigenvalue weighted by Gasteiger charge is -2.29. The summed E-state index contributed by atoms with van der Waals surface area (Å²) in [6, 6.07) is 10.9. The molecule has 3 heterocycles. The van der Waals surface area contributed by atoms with Crippen LogP contribution in [0.3, 0.4) is 0 Å². The summed E-state index contributed by atoms with van der Waals surface area (Å²) in [4.78, 5) is 40.4. The second-order valence-electron chi connectivity index (χ2n) is 10.0. The van der Waals surface area contributed by atoms with Gasteiger partial charge < -0.3 is 15.5 Å². The van der Waals surface area contributed by atoms with Crippen molar-refractivity contribution < 1.29 is 7.65 Å². The number of benzene rings is 1. The fourth-order valence-corrected chi connectivity index (χ4v) is 4.30. The molecule has 9 nitrogen and oxygen atoms in total. The number of nitrogens with zero attached hydrogens (tertiary/aromatic N) is 5. The Labute approximate surface area is 226 Å². The lowest BCUT2D eigenvalue weighted by atomic mass is 10.1. The van der Waals surface area contributed by atoms with E-state index in [1.165, 1.54) is 23.5 Å². The predicted octanol–water partition coefficient (Wildman–Crippen LogP) is 4.74. The number of aromatic nitrogens is 3. The van der Waals surface area contributed by atoms with Crippen LogP contribution >= 0.6 is 0 Å². The van der Waals surface area contributed by atoms with Crippen LogP contribution in [-0.2, 0) is 11.3 Å². The number of allylic oxidation sites excluding steroid dienone is 1. The molecule has 9 heteroatoms. The molecule has 0 unspecified atom stereocenters. The van der Waals surface area contributed by atoms with Gasteiger partial charge in [-0.2, -0.15) is 4.98 Å². The SMILES string of the molecule is C=C(N=CC)C1CC1.Cc1ccc(NC(=O)Cn2c(=O)ccc3cnc(NC4CCN(C)CC4)nc32)cc1.[HH].[HH]. The van der Waals surface area contributed by atoms with Gasteiger partial charge >= 0.3 is 0 Å². The van der Waals surface area contributed by atoms with Crippen molar-refractivity contribution in [1.29, 1.82) is 0 Å². The fraction of sp³-hybridized carbons (Fsp3) is 0.414. The maximum Gasteiger partial charge on any atom is 0.252 e. The molecule has 0 spiro atoms. The summed E-state index contributed by atoms with van der Waals surface area (Å²) in [6.45, 7) is 9.65. The summed E-state index contributed by atoms with van der Waals surface area (Å²) in [5.41, 5.74) is 3.04. The Morgan fingerprint density at radius 1 is 1.16 bits per heavy atom. The molecule has 2 fully saturated rings. The molecule has 5 rings (SSSR count). The standard InChI is InChI=1S/C22H26N6O2.C7H11N.2H2/c1-15-3-6-17(7-4-15)24-19(29)14-28-20(30)8-5-16-13-23-22(26-21(16)28)25-18-9-11-27(2)12-10-18;1-3-8-6(2)7-4-5-7;;/h3-8,13,18H,9-12,14H2,1-2H3,(H,24,29)(H,23,25,26);3,7H,2,4-5H2,1H3;2*1H. The molecule has 3 aromatic rings. The highest BCUT2D eigenvalue weighted by Crippen LogP contribution is 2.35. The number of likely N-dealkylation sites (tertiary alicyclic amines) is 1. The third-order valence-corrected chi connectivity index (χ3v) is 6.76. The van der Waals surface area contributed by atoms with Crippen molar-refractivity contribution in [1.82, 2.24) is 19.4 Å². The van der Waals surface area contributed by atoms with E-state index in [-0.39, 0.29) is 20.9 Å². The minimum absolute atomic E-state index is 0. The number of rotatable bonds is 7. The smallest absolute Gasteiger partial charge is 0.252 e. The number of carbonyl (C=O) groups is 1. The van der Waals surface area contributed by atoms with E-state index in [9.17, 15) is 9.59 Å². The van der Waals surface area contributed by atoms with E-state index >= 15 is 0 Å². The average molecular weight is 520 g/mol. The highest BCUT2D eigenvalue weighted by Gasteiger charge is 2.23. The first-order valence-corrected chi connectivity index (χ1v) is 13.2. The van der Waals surface area contributed by atoms with Crippen molar-refractivity contribution in [2.24, 2.45) is 10.9 Å². The minimum atomic E-state index is -0.281. The topological polar surface area (TPSA) is 105 Å². The Morgan fingerprint density at radius 2 is 1.87 bits per heavy atom. The van der Waals surface area contributed by atoms with Crippen molar-refractivity contribution in [2.45, 2.75) is 52.1 Å². The summed E-state index contributed by atoms with van der Waals surface area (Å²) >= 11 is 0. The molecule has 0 atom stereocenters. The molecule has 204 valence electrons. The lowest BCUT2D eigenvalue weighted by molar-refractivity contribution is -0.116.